The Bertz CT molecular complexity index is 266. The summed E-state index contributed by atoms with van der Waals surface area (Å²) < 4.78 is 11.9. The SMILES string of the molecule is COc1cc(OC)c(I)nc1I. The summed E-state index contributed by atoms with van der Waals surface area (Å²) in [4.78, 5) is 4.24. The molecule has 0 aromatic carbocycles. The highest BCUT2D eigenvalue weighted by molar-refractivity contribution is 14.1. The lowest BCUT2D eigenvalue weighted by atomic mass is 10.4. The summed E-state index contributed by atoms with van der Waals surface area (Å²) in [6.07, 6.45) is 0. The monoisotopic (exact) mass is 391 g/mol. The van der Waals surface area contributed by atoms with Gasteiger partial charge in [0.15, 0.2) is 11.5 Å². The first-order valence-electron chi connectivity index (χ1n) is 3.13. The molecular formula is C7H7I2NO2. The third kappa shape index (κ3) is 2.12. The van der Waals surface area contributed by atoms with Crippen molar-refractivity contribution in [3.8, 4) is 11.5 Å². The van der Waals surface area contributed by atoms with Gasteiger partial charge in [-0.15, -0.1) is 0 Å². The fourth-order valence-corrected chi connectivity index (χ4v) is 2.42. The Hall–Kier alpha value is 0.210. The number of aromatic nitrogens is 1. The number of methoxy groups -OCH3 is 2. The first-order valence-corrected chi connectivity index (χ1v) is 5.28. The summed E-state index contributed by atoms with van der Waals surface area (Å²) in [7, 11) is 3.23. The lowest BCUT2D eigenvalue weighted by Gasteiger charge is -2.06. The summed E-state index contributed by atoms with van der Waals surface area (Å²) in [5.41, 5.74) is 0. The molecule has 12 heavy (non-hydrogen) atoms. The Balaban J connectivity index is 3.18. The van der Waals surface area contributed by atoms with Gasteiger partial charge in [-0.25, -0.2) is 4.98 Å². The van der Waals surface area contributed by atoms with Gasteiger partial charge in [0.25, 0.3) is 0 Å². The van der Waals surface area contributed by atoms with E-state index in [-0.39, 0.29) is 0 Å². The summed E-state index contributed by atoms with van der Waals surface area (Å²) >= 11 is 4.25. The van der Waals surface area contributed by atoms with E-state index < -0.39 is 0 Å². The van der Waals surface area contributed by atoms with Crippen molar-refractivity contribution >= 4 is 45.2 Å². The van der Waals surface area contributed by atoms with Crippen LogP contribution in [-0.2, 0) is 0 Å². The molecule has 1 aromatic rings. The second kappa shape index (κ2) is 4.45. The van der Waals surface area contributed by atoms with Crippen LogP contribution in [0.15, 0.2) is 6.07 Å². The van der Waals surface area contributed by atoms with Crippen LogP contribution < -0.4 is 9.47 Å². The molecule has 0 bridgehead atoms. The van der Waals surface area contributed by atoms with Crippen LogP contribution in [0.5, 0.6) is 11.5 Å². The molecule has 0 spiro atoms. The zero-order valence-corrected chi connectivity index (χ0v) is 10.9. The van der Waals surface area contributed by atoms with E-state index in [0.717, 1.165) is 18.9 Å². The molecule has 1 heterocycles. The molecule has 0 fully saturated rings. The molecule has 0 aliphatic heterocycles. The Morgan fingerprint density at radius 1 is 1.08 bits per heavy atom. The van der Waals surface area contributed by atoms with Crippen molar-refractivity contribution < 1.29 is 9.47 Å². The van der Waals surface area contributed by atoms with Gasteiger partial charge < -0.3 is 9.47 Å². The van der Waals surface area contributed by atoms with Crippen molar-refractivity contribution in [2.45, 2.75) is 0 Å². The number of rotatable bonds is 2. The van der Waals surface area contributed by atoms with Gasteiger partial charge in [0, 0.05) is 6.07 Å². The highest BCUT2D eigenvalue weighted by atomic mass is 127. The average Bonchev–Trinajstić information content (AvgIpc) is 2.05. The fraction of sp³-hybridized carbons (Fsp3) is 0.286. The van der Waals surface area contributed by atoms with Gasteiger partial charge in [-0.1, -0.05) is 0 Å². The zero-order chi connectivity index (χ0) is 9.14. The molecule has 0 aliphatic carbocycles. The molecule has 1 aromatic heterocycles. The minimum atomic E-state index is 0.743. The van der Waals surface area contributed by atoms with E-state index in [4.69, 9.17) is 9.47 Å². The molecule has 0 amide bonds. The third-order valence-electron chi connectivity index (χ3n) is 1.30. The normalized spacial score (nSPS) is 9.67. The maximum Gasteiger partial charge on any atom is 0.154 e. The Kier molecular flexibility index (Phi) is 3.81. The molecule has 0 unspecified atom stereocenters. The molecule has 0 aliphatic rings. The molecule has 66 valence electrons. The summed E-state index contributed by atoms with van der Waals surface area (Å²) in [6.45, 7) is 0. The van der Waals surface area contributed by atoms with Crippen LogP contribution in [0.4, 0.5) is 0 Å². The number of halogens is 2. The Morgan fingerprint density at radius 2 is 1.50 bits per heavy atom. The number of hydrogen-bond acceptors (Lipinski definition) is 3. The molecule has 0 radical (unpaired) electrons. The second-order valence-corrected chi connectivity index (χ2v) is 4.02. The minimum absolute atomic E-state index is 0.743. The fourth-order valence-electron chi connectivity index (χ4n) is 0.721. The van der Waals surface area contributed by atoms with Crippen molar-refractivity contribution in [1.29, 1.82) is 0 Å². The van der Waals surface area contributed by atoms with Crippen LogP contribution in [0.25, 0.3) is 0 Å². The van der Waals surface area contributed by atoms with E-state index in [1.807, 2.05) is 6.07 Å². The maximum atomic E-state index is 5.09. The van der Waals surface area contributed by atoms with Gasteiger partial charge in [0.1, 0.15) is 7.40 Å². The van der Waals surface area contributed by atoms with E-state index in [1.54, 1.807) is 14.2 Å². The van der Waals surface area contributed by atoms with Crippen molar-refractivity contribution in [2.24, 2.45) is 0 Å². The smallest absolute Gasteiger partial charge is 0.154 e. The van der Waals surface area contributed by atoms with Crippen molar-refractivity contribution in [3.05, 3.63) is 13.5 Å². The van der Waals surface area contributed by atoms with E-state index in [1.165, 1.54) is 0 Å². The minimum Gasteiger partial charge on any atom is -0.494 e. The molecule has 0 saturated carbocycles. The highest BCUT2D eigenvalue weighted by Gasteiger charge is 2.07. The van der Waals surface area contributed by atoms with Gasteiger partial charge in [-0.2, -0.15) is 0 Å². The van der Waals surface area contributed by atoms with Crippen LogP contribution in [0, 0.1) is 7.40 Å². The van der Waals surface area contributed by atoms with Crippen molar-refractivity contribution in [1.82, 2.24) is 4.98 Å². The molecular weight excluding hydrogens is 384 g/mol. The average molecular weight is 391 g/mol. The second-order valence-electron chi connectivity index (χ2n) is 1.97. The molecule has 0 atom stereocenters. The first kappa shape index (κ1) is 10.3. The van der Waals surface area contributed by atoms with Crippen LogP contribution in [0.1, 0.15) is 0 Å². The lowest BCUT2D eigenvalue weighted by molar-refractivity contribution is 0.386. The first-order chi connectivity index (χ1) is 5.69. The number of ether oxygens (including phenoxy) is 2. The van der Waals surface area contributed by atoms with E-state index in [9.17, 15) is 0 Å². The maximum absolute atomic E-state index is 5.09. The van der Waals surface area contributed by atoms with Gasteiger partial charge >= 0.3 is 0 Å². The standard InChI is InChI=1S/C7H7I2NO2/c1-11-4-3-5(12-2)7(9)10-6(4)8/h3H,1-2H3. The molecule has 1 rings (SSSR count). The van der Waals surface area contributed by atoms with Crippen LogP contribution in [-0.4, -0.2) is 19.2 Å². The van der Waals surface area contributed by atoms with Gasteiger partial charge in [-0.05, 0) is 45.2 Å². The van der Waals surface area contributed by atoms with Gasteiger partial charge in [-0.3, -0.25) is 0 Å². The van der Waals surface area contributed by atoms with Gasteiger partial charge in [0.2, 0.25) is 0 Å². The predicted molar refractivity (Wildman–Crippen MR) is 62.8 cm³/mol. The highest BCUT2D eigenvalue weighted by Crippen LogP contribution is 2.27. The van der Waals surface area contributed by atoms with Crippen LogP contribution in [0.3, 0.4) is 0 Å². The molecule has 0 saturated heterocycles. The number of nitrogens with zero attached hydrogens (tertiary/aromatic N) is 1. The number of hydrogen-bond donors (Lipinski definition) is 0. The Labute approximate surface area is 98.1 Å². The summed E-state index contributed by atoms with van der Waals surface area (Å²) in [5, 5.41) is 0. The third-order valence-corrected chi connectivity index (χ3v) is 2.85. The van der Waals surface area contributed by atoms with Crippen LogP contribution in [0.2, 0.25) is 0 Å². The summed E-state index contributed by atoms with van der Waals surface area (Å²) in [5.74, 6) is 1.49. The zero-order valence-electron chi connectivity index (χ0n) is 6.60. The molecule has 5 heteroatoms. The van der Waals surface area contributed by atoms with Crippen LogP contribution >= 0.6 is 45.2 Å². The molecule has 3 nitrogen and oxygen atoms in total. The van der Waals surface area contributed by atoms with E-state index >= 15 is 0 Å². The molecule has 0 N–H and O–H groups in total. The quantitative estimate of drug-likeness (QED) is 0.573. The number of pyridine rings is 1. The summed E-state index contributed by atoms with van der Waals surface area (Å²) in [6, 6.07) is 1.83. The van der Waals surface area contributed by atoms with Crippen molar-refractivity contribution in [3.63, 3.8) is 0 Å². The lowest BCUT2D eigenvalue weighted by Crippen LogP contribution is -1.96. The Morgan fingerprint density at radius 3 is 1.83 bits per heavy atom. The topological polar surface area (TPSA) is 31.4 Å². The van der Waals surface area contributed by atoms with E-state index in [2.05, 4.69) is 50.2 Å². The van der Waals surface area contributed by atoms with Crippen molar-refractivity contribution in [2.75, 3.05) is 14.2 Å². The van der Waals surface area contributed by atoms with Gasteiger partial charge in [0.05, 0.1) is 14.2 Å². The predicted octanol–water partition coefficient (Wildman–Crippen LogP) is 2.31. The largest absolute Gasteiger partial charge is 0.494 e. The van der Waals surface area contributed by atoms with E-state index in [0.29, 0.717) is 0 Å².